The molecule has 5 heterocycles. The van der Waals surface area contributed by atoms with E-state index in [1.165, 1.54) is 93.2 Å². The van der Waals surface area contributed by atoms with Crippen LogP contribution in [0.15, 0.2) is 255 Å². The van der Waals surface area contributed by atoms with Gasteiger partial charge in [-0.25, -0.2) is 0 Å². The summed E-state index contributed by atoms with van der Waals surface area (Å²) in [5.74, 6) is 0. The lowest BCUT2D eigenvalue weighted by Gasteiger charge is -2.45. The first kappa shape index (κ1) is 39.3. The molecule has 2 aliphatic heterocycles. The highest BCUT2D eigenvalue weighted by atomic mass is 15.2. The summed E-state index contributed by atoms with van der Waals surface area (Å²) in [6, 6.07) is 94.3. The van der Waals surface area contributed by atoms with E-state index >= 15 is 0 Å². The fourth-order valence-electron chi connectivity index (χ4n) is 12.8. The van der Waals surface area contributed by atoms with Crippen LogP contribution in [-0.2, 0) is 0 Å². The molecule has 0 atom stereocenters. The third kappa shape index (κ3) is 5.32. The van der Waals surface area contributed by atoms with Gasteiger partial charge in [-0.1, -0.05) is 170 Å². The van der Waals surface area contributed by atoms with Gasteiger partial charge in [-0.15, -0.1) is 0 Å². The molecule has 0 saturated carbocycles. The van der Waals surface area contributed by atoms with Crippen LogP contribution in [0.4, 0.5) is 34.1 Å². The number of benzene rings is 11. The Hall–Kier alpha value is -9.52. The summed E-state index contributed by atoms with van der Waals surface area (Å²) in [7, 11) is 0. The third-order valence-corrected chi connectivity index (χ3v) is 15.6. The van der Waals surface area contributed by atoms with Gasteiger partial charge in [0.1, 0.15) is 0 Å². The second kappa shape index (κ2) is 15.0. The Morgan fingerprint density at radius 2 is 0.486 bits per heavy atom. The van der Waals surface area contributed by atoms with Gasteiger partial charge in [-0.3, -0.25) is 0 Å². The molecule has 11 aromatic carbocycles. The highest BCUT2D eigenvalue weighted by Crippen LogP contribution is 2.49. The molecule has 0 radical (unpaired) electrons. The number of nitrogens with zero attached hydrogens (tertiary/aromatic N) is 5. The Kier molecular flexibility index (Phi) is 8.19. The molecule has 0 spiro atoms. The summed E-state index contributed by atoms with van der Waals surface area (Å²) in [6.45, 7) is -0.0529. The molecule has 14 aromatic rings. The summed E-state index contributed by atoms with van der Waals surface area (Å²) in [5.41, 5.74) is 21.0. The molecule has 5 nitrogen and oxygen atoms in total. The van der Waals surface area contributed by atoms with Gasteiger partial charge in [-0.05, 0) is 101 Å². The minimum atomic E-state index is -0.0529. The van der Waals surface area contributed by atoms with Crippen molar-refractivity contribution in [1.82, 2.24) is 13.7 Å². The topological polar surface area (TPSA) is 21.3 Å². The predicted octanol–water partition coefficient (Wildman–Crippen LogP) is 15.1. The Labute approximate surface area is 416 Å². The van der Waals surface area contributed by atoms with Crippen molar-refractivity contribution in [3.8, 4) is 17.1 Å². The highest BCUT2D eigenvalue weighted by molar-refractivity contribution is 7.00. The van der Waals surface area contributed by atoms with Gasteiger partial charge in [0.2, 0.25) is 0 Å². The van der Waals surface area contributed by atoms with Crippen LogP contribution >= 0.6 is 0 Å². The monoisotopic (exact) mass is 915 g/mol. The normalized spacial score (nSPS) is 12.9. The van der Waals surface area contributed by atoms with Crippen molar-refractivity contribution >= 4 is 123 Å². The van der Waals surface area contributed by atoms with Crippen molar-refractivity contribution in [3.05, 3.63) is 255 Å². The molecule has 0 unspecified atom stereocenters. The van der Waals surface area contributed by atoms with E-state index in [1.54, 1.807) is 0 Å². The van der Waals surface area contributed by atoms with Crippen LogP contribution in [-0.4, -0.2) is 20.4 Å². The van der Waals surface area contributed by atoms with Crippen LogP contribution in [0.2, 0.25) is 0 Å². The van der Waals surface area contributed by atoms with E-state index in [9.17, 15) is 0 Å². The van der Waals surface area contributed by atoms with E-state index < -0.39 is 0 Å². The number of para-hydroxylation sites is 12. The molecule has 2 aliphatic rings. The lowest BCUT2D eigenvalue weighted by atomic mass is 9.33. The standard InChI is InChI=1S/C66H42BN5/c1-9-29-52-44(21-1)45-22-2-10-30-53(45)68(52)43-41-64-66-65(42-43)72(63-40-20-18-38-61(63)70-56-33-13-5-25-48(56)49-26-6-14-34-57(49)70)59-36-16-8-28-51(59)67(66)50-27-7-15-35-58(50)71(64)62-39-19-17-37-60(62)69-54-31-11-3-23-46(54)47-24-4-12-32-55(47)69/h1-42H. The number of anilines is 6. The summed E-state index contributed by atoms with van der Waals surface area (Å²) < 4.78 is 7.44. The van der Waals surface area contributed by atoms with E-state index in [4.69, 9.17) is 0 Å². The Morgan fingerprint density at radius 3 is 0.833 bits per heavy atom. The molecule has 16 rings (SSSR count). The van der Waals surface area contributed by atoms with E-state index in [1.807, 2.05) is 0 Å². The summed E-state index contributed by atoms with van der Waals surface area (Å²) >= 11 is 0. The number of aromatic nitrogens is 3. The fraction of sp³-hybridized carbons (Fsp3) is 0. The zero-order valence-corrected chi connectivity index (χ0v) is 39.1. The maximum atomic E-state index is 2.58. The zero-order chi connectivity index (χ0) is 47.0. The predicted molar refractivity (Wildman–Crippen MR) is 303 cm³/mol. The largest absolute Gasteiger partial charge is 0.309 e. The van der Waals surface area contributed by atoms with Crippen LogP contribution in [0.5, 0.6) is 0 Å². The molecule has 0 amide bonds. The smallest absolute Gasteiger partial charge is 0.252 e. The summed E-state index contributed by atoms with van der Waals surface area (Å²) in [6.07, 6.45) is 0. The summed E-state index contributed by atoms with van der Waals surface area (Å²) in [4.78, 5) is 5.15. The number of rotatable bonds is 5. The van der Waals surface area contributed by atoms with Crippen molar-refractivity contribution < 1.29 is 0 Å². The number of hydrogen-bond donors (Lipinski definition) is 0. The fourth-order valence-corrected chi connectivity index (χ4v) is 12.8. The Balaban J connectivity index is 1.05. The van der Waals surface area contributed by atoms with Gasteiger partial charge in [0.25, 0.3) is 6.71 Å². The first-order chi connectivity index (χ1) is 35.8. The minimum Gasteiger partial charge on any atom is -0.309 e. The van der Waals surface area contributed by atoms with Crippen LogP contribution in [0, 0.1) is 0 Å². The average Bonchev–Trinajstić information content (AvgIpc) is 4.09. The molecular formula is C66H42BN5. The lowest BCUT2D eigenvalue weighted by molar-refractivity contribution is 1.13. The van der Waals surface area contributed by atoms with Gasteiger partial charge < -0.3 is 23.5 Å². The molecule has 0 fully saturated rings. The number of hydrogen-bond acceptors (Lipinski definition) is 2. The van der Waals surface area contributed by atoms with Crippen molar-refractivity contribution in [3.63, 3.8) is 0 Å². The molecule has 0 N–H and O–H groups in total. The van der Waals surface area contributed by atoms with E-state index in [0.717, 1.165) is 39.8 Å². The van der Waals surface area contributed by atoms with Gasteiger partial charge in [0.15, 0.2) is 0 Å². The minimum absolute atomic E-state index is 0.0529. The van der Waals surface area contributed by atoms with Gasteiger partial charge in [0.05, 0.1) is 61.5 Å². The van der Waals surface area contributed by atoms with Crippen molar-refractivity contribution in [2.24, 2.45) is 0 Å². The van der Waals surface area contributed by atoms with E-state index in [-0.39, 0.29) is 6.71 Å². The maximum Gasteiger partial charge on any atom is 0.252 e. The van der Waals surface area contributed by atoms with Crippen LogP contribution < -0.4 is 26.2 Å². The van der Waals surface area contributed by atoms with E-state index in [2.05, 4.69) is 278 Å². The SMILES string of the molecule is c1ccc2c(c1)B1c3ccccc3N(c3ccccc3-n3c4ccccc4c4ccccc43)c3cc(-n4c5ccccc5c5ccccc54)cc(c31)N2c1ccccc1-n1c2ccccc2c2ccccc21. The number of fused-ring (bicyclic) bond motifs is 13. The van der Waals surface area contributed by atoms with Crippen molar-refractivity contribution in [2.45, 2.75) is 0 Å². The van der Waals surface area contributed by atoms with Crippen LogP contribution in [0.1, 0.15) is 0 Å². The first-order valence-corrected chi connectivity index (χ1v) is 24.9. The Bertz CT molecular complexity index is 4180. The molecular weight excluding hydrogens is 874 g/mol. The van der Waals surface area contributed by atoms with Gasteiger partial charge in [0, 0.05) is 55.1 Å². The van der Waals surface area contributed by atoms with E-state index in [0.29, 0.717) is 0 Å². The van der Waals surface area contributed by atoms with Gasteiger partial charge in [-0.2, -0.15) is 0 Å². The molecule has 0 saturated heterocycles. The van der Waals surface area contributed by atoms with Crippen LogP contribution in [0.3, 0.4) is 0 Å². The molecule has 334 valence electrons. The van der Waals surface area contributed by atoms with Crippen LogP contribution in [0.25, 0.3) is 82.5 Å². The quantitative estimate of drug-likeness (QED) is 0.160. The molecule has 3 aromatic heterocycles. The molecule has 72 heavy (non-hydrogen) atoms. The van der Waals surface area contributed by atoms with Crippen molar-refractivity contribution in [2.75, 3.05) is 9.80 Å². The Morgan fingerprint density at radius 1 is 0.222 bits per heavy atom. The van der Waals surface area contributed by atoms with Gasteiger partial charge >= 0.3 is 0 Å². The first-order valence-electron chi connectivity index (χ1n) is 24.9. The lowest BCUT2D eigenvalue weighted by Crippen LogP contribution is -2.61. The molecule has 0 aliphatic carbocycles. The van der Waals surface area contributed by atoms with Crippen molar-refractivity contribution in [1.29, 1.82) is 0 Å². The summed E-state index contributed by atoms with van der Waals surface area (Å²) in [5, 5.41) is 7.41. The second-order valence-electron chi connectivity index (χ2n) is 19.2. The average molecular weight is 916 g/mol. The molecule has 6 heteroatoms. The second-order valence-corrected chi connectivity index (χ2v) is 19.2. The highest BCUT2D eigenvalue weighted by Gasteiger charge is 2.44. The molecule has 0 bridgehead atoms. The maximum absolute atomic E-state index is 2.58. The third-order valence-electron chi connectivity index (χ3n) is 15.6. The zero-order valence-electron chi connectivity index (χ0n) is 39.1.